The minimum absolute atomic E-state index is 0.0147. The van der Waals surface area contributed by atoms with E-state index in [0.717, 1.165) is 4.90 Å². The largest absolute Gasteiger partial charge is 0.491 e. The highest BCUT2D eigenvalue weighted by Crippen LogP contribution is 2.24. The molecule has 1 aromatic rings. The molecule has 6 heteroatoms. The Hall–Kier alpha value is -2.08. The number of ether oxygens (including phenoxy) is 1. The summed E-state index contributed by atoms with van der Waals surface area (Å²) in [6.45, 7) is 10.3. The number of aliphatic hydroxyl groups is 1. The minimum Gasteiger partial charge on any atom is -0.491 e. The van der Waals surface area contributed by atoms with Crippen molar-refractivity contribution in [3.8, 4) is 5.75 Å². The maximum absolute atomic E-state index is 12.3. The van der Waals surface area contributed by atoms with Crippen LogP contribution < -0.4 is 10.1 Å². The third kappa shape index (κ3) is 5.21. The zero-order chi connectivity index (χ0) is 19.5. The van der Waals surface area contributed by atoms with Gasteiger partial charge in [0.15, 0.2) is 0 Å². The second-order valence-corrected chi connectivity index (χ2v) is 8.32. The first-order valence-electron chi connectivity index (χ1n) is 9.11. The van der Waals surface area contributed by atoms with Crippen LogP contribution in [0.25, 0.3) is 0 Å². The third-order valence-electron chi connectivity index (χ3n) is 4.37. The molecule has 2 rings (SSSR count). The number of rotatable bonds is 7. The summed E-state index contributed by atoms with van der Waals surface area (Å²) in [4.78, 5) is 25.3. The van der Waals surface area contributed by atoms with Crippen molar-refractivity contribution in [2.75, 3.05) is 13.2 Å². The summed E-state index contributed by atoms with van der Waals surface area (Å²) in [7, 11) is 0. The van der Waals surface area contributed by atoms with E-state index in [9.17, 15) is 14.7 Å². The van der Waals surface area contributed by atoms with Crippen LogP contribution >= 0.6 is 0 Å². The summed E-state index contributed by atoms with van der Waals surface area (Å²) in [5.41, 5.74) is 1.26. The molecule has 1 heterocycles. The second-order valence-electron chi connectivity index (χ2n) is 8.32. The number of benzene rings is 1. The number of carbonyl (C=O) groups excluding carboxylic acids is 2. The molecule has 144 valence electrons. The number of hydrogen-bond acceptors (Lipinski definition) is 4. The summed E-state index contributed by atoms with van der Waals surface area (Å²) in [5, 5.41) is 12.8. The average Bonchev–Trinajstić information content (AvgIpc) is 2.79. The van der Waals surface area contributed by atoms with Gasteiger partial charge >= 0.3 is 6.03 Å². The van der Waals surface area contributed by atoms with E-state index in [1.165, 1.54) is 5.56 Å². The molecule has 0 spiro atoms. The van der Waals surface area contributed by atoms with E-state index in [-0.39, 0.29) is 24.5 Å². The highest BCUT2D eigenvalue weighted by atomic mass is 16.5. The van der Waals surface area contributed by atoms with E-state index >= 15 is 0 Å². The molecule has 1 aliphatic rings. The zero-order valence-corrected chi connectivity index (χ0v) is 16.3. The van der Waals surface area contributed by atoms with Crippen LogP contribution in [0.15, 0.2) is 24.3 Å². The van der Waals surface area contributed by atoms with Crippen LogP contribution in [-0.2, 0) is 10.2 Å². The van der Waals surface area contributed by atoms with Gasteiger partial charge in [0.1, 0.15) is 24.5 Å². The molecule has 0 aliphatic carbocycles. The van der Waals surface area contributed by atoms with Crippen molar-refractivity contribution in [2.45, 2.75) is 58.6 Å². The Morgan fingerprint density at radius 1 is 1.19 bits per heavy atom. The number of urea groups is 1. The normalized spacial score (nSPS) is 19.0. The Morgan fingerprint density at radius 2 is 1.81 bits per heavy atom. The lowest BCUT2D eigenvalue weighted by atomic mass is 9.87. The van der Waals surface area contributed by atoms with Gasteiger partial charge in [0, 0.05) is 0 Å². The van der Waals surface area contributed by atoms with E-state index in [1.54, 1.807) is 0 Å². The first-order chi connectivity index (χ1) is 12.1. The van der Waals surface area contributed by atoms with Crippen molar-refractivity contribution in [2.24, 2.45) is 5.92 Å². The molecule has 1 aromatic carbocycles. The van der Waals surface area contributed by atoms with E-state index < -0.39 is 18.2 Å². The molecule has 0 aromatic heterocycles. The summed E-state index contributed by atoms with van der Waals surface area (Å²) >= 11 is 0. The fraction of sp³-hybridized carbons (Fsp3) is 0.600. The molecule has 6 nitrogen and oxygen atoms in total. The number of aliphatic hydroxyl groups excluding tert-OH is 1. The summed E-state index contributed by atoms with van der Waals surface area (Å²) in [6, 6.07) is 6.76. The van der Waals surface area contributed by atoms with Crippen molar-refractivity contribution in [1.29, 1.82) is 0 Å². The van der Waals surface area contributed by atoms with Crippen molar-refractivity contribution in [3.05, 3.63) is 29.8 Å². The van der Waals surface area contributed by atoms with E-state index in [1.807, 2.05) is 38.1 Å². The summed E-state index contributed by atoms with van der Waals surface area (Å²) in [5.74, 6) is 0.665. The van der Waals surface area contributed by atoms with Gasteiger partial charge in [0.25, 0.3) is 5.91 Å². The lowest BCUT2D eigenvalue weighted by molar-refractivity contribution is -0.128. The van der Waals surface area contributed by atoms with E-state index in [4.69, 9.17) is 4.74 Å². The Bertz CT molecular complexity index is 634. The maximum Gasteiger partial charge on any atom is 0.324 e. The molecule has 2 unspecified atom stereocenters. The number of nitrogens with zero attached hydrogens (tertiary/aromatic N) is 1. The maximum atomic E-state index is 12.3. The van der Waals surface area contributed by atoms with Crippen molar-refractivity contribution >= 4 is 11.9 Å². The van der Waals surface area contributed by atoms with Crippen LogP contribution in [0.2, 0.25) is 0 Å². The summed E-state index contributed by atoms with van der Waals surface area (Å²) < 4.78 is 5.59. The number of imide groups is 1. The Morgan fingerprint density at radius 3 is 2.35 bits per heavy atom. The van der Waals surface area contributed by atoms with Crippen LogP contribution in [0.5, 0.6) is 5.75 Å². The van der Waals surface area contributed by atoms with Gasteiger partial charge in [-0.25, -0.2) is 4.79 Å². The van der Waals surface area contributed by atoms with Gasteiger partial charge < -0.3 is 15.2 Å². The lowest BCUT2D eigenvalue weighted by Crippen LogP contribution is -2.40. The predicted molar refractivity (Wildman–Crippen MR) is 100 cm³/mol. The minimum atomic E-state index is -0.940. The highest BCUT2D eigenvalue weighted by Gasteiger charge is 2.38. The van der Waals surface area contributed by atoms with Crippen LogP contribution in [0.1, 0.15) is 46.6 Å². The highest BCUT2D eigenvalue weighted by molar-refractivity contribution is 6.04. The lowest BCUT2D eigenvalue weighted by Gasteiger charge is -2.20. The van der Waals surface area contributed by atoms with Gasteiger partial charge in [-0.05, 0) is 35.4 Å². The third-order valence-corrected chi connectivity index (χ3v) is 4.37. The number of amides is 3. The first-order valence-corrected chi connectivity index (χ1v) is 9.11. The van der Waals surface area contributed by atoms with Crippen molar-refractivity contribution < 1.29 is 19.4 Å². The molecule has 26 heavy (non-hydrogen) atoms. The number of β-amino-alcohol motifs (C(OH)–C–C–N with tert-alkyl or cyclic N) is 1. The Labute approximate surface area is 155 Å². The standard InChI is InChI=1S/C20H30N2O4/c1-13(2)10-17-18(24)22(19(25)21-17)11-15(23)12-26-16-8-6-14(7-9-16)20(3,4)5/h6-9,13,15,17,23H,10-12H2,1-5H3,(H,21,25). The van der Waals surface area contributed by atoms with Gasteiger partial charge in [-0.3, -0.25) is 9.69 Å². The first kappa shape index (κ1) is 20.2. The molecule has 0 radical (unpaired) electrons. The quantitative estimate of drug-likeness (QED) is 0.731. The van der Waals surface area contributed by atoms with Gasteiger partial charge in [0.05, 0.1) is 6.54 Å². The van der Waals surface area contributed by atoms with E-state index in [2.05, 4.69) is 26.1 Å². The molecule has 0 saturated carbocycles. The monoisotopic (exact) mass is 362 g/mol. The van der Waals surface area contributed by atoms with Crippen LogP contribution in [-0.4, -0.2) is 47.2 Å². The molecular formula is C20H30N2O4. The van der Waals surface area contributed by atoms with Crippen LogP contribution in [0, 0.1) is 5.92 Å². The van der Waals surface area contributed by atoms with Gasteiger partial charge in [-0.15, -0.1) is 0 Å². The molecule has 0 bridgehead atoms. The molecule has 2 atom stereocenters. The Balaban J connectivity index is 1.86. The number of carbonyl (C=O) groups is 2. The van der Waals surface area contributed by atoms with Gasteiger partial charge in [-0.2, -0.15) is 0 Å². The Kier molecular flexibility index (Phi) is 6.29. The topological polar surface area (TPSA) is 78.9 Å². The zero-order valence-electron chi connectivity index (χ0n) is 16.3. The predicted octanol–water partition coefficient (Wildman–Crippen LogP) is 2.69. The second kappa shape index (κ2) is 8.08. The molecule has 1 aliphatic heterocycles. The molecule has 1 saturated heterocycles. The van der Waals surface area contributed by atoms with Gasteiger partial charge in [-0.1, -0.05) is 46.8 Å². The fourth-order valence-corrected chi connectivity index (χ4v) is 2.89. The molecule has 2 N–H and O–H groups in total. The molecule has 1 fully saturated rings. The van der Waals surface area contributed by atoms with Crippen LogP contribution in [0.4, 0.5) is 4.79 Å². The van der Waals surface area contributed by atoms with Crippen molar-refractivity contribution in [1.82, 2.24) is 10.2 Å². The summed E-state index contributed by atoms with van der Waals surface area (Å²) in [6.07, 6.45) is -0.349. The molecule has 3 amide bonds. The van der Waals surface area contributed by atoms with E-state index in [0.29, 0.717) is 18.1 Å². The average molecular weight is 362 g/mol. The van der Waals surface area contributed by atoms with Crippen molar-refractivity contribution in [3.63, 3.8) is 0 Å². The smallest absolute Gasteiger partial charge is 0.324 e. The fourth-order valence-electron chi connectivity index (χ4n) is 2.89. The SMILES string of the molecule is CC(C)CC1NC(=O)N(CC(O)COc2ccc(C(C)(C)C)cc2)C1=O. The molecular weight excluding hydrogens is 332 g/mol. The number of nitrogens with one attached hydrogen (secondary N) is 1. The number of hydrogen-bond donors (Lipinski definition) is 2. The van der Waals surface area contributed by atoms with Crippen LogP contribution in [0.3, 0.4) is 0 Å². The van der Waals surface area contributed by atoms with Gasteiger partial charge in [0.2, 0.25) is 0 Å².